The number of carbonyl (C=O) groups excluding carboxylic acids is 1. The number of methoxy groups -OCH3 is 1. The highest BCUT2D eigenvalue weighted by Gasteiger charge is 2.42. The number of ether oxygens (including phenoxy) is 2. The Hall–Kier alpha value is -3.73. The minimum Gasteiger partial charge on any atom is -0.467 e. The van der Waals surface area contributed by atoms with Gasteiger partial charge in [-0.1, -0.05) is 23.2 Å². The molecule has 7 rings (SSSR count). The fourth-order valence-electron chi connectivity index (χ4n) is 7.19. The summed E-state index contributed by atoms with van der Waals surface area (Å²) in [6.45, 7) is 5.39. The van der Waals surface area contributed by atoms with Gasteiger partial charge in [0.25, 0.3) is 5.91 Å². The van der Waals surface area contributed by atoms with Crippen LogP contribution in [0.3, 0.4) is 0 Å². The molecule has 282 valence electrons. The van der Waals surface area contributed by atoms with Gasteiger partial charge in [-0.05, 0) is 50.8 Å². The number of rotatable bonds is 5. The highest BCUT2D eigenvalue weighted by Crippen LogP contribution is 2.46. The molecule has 2 unspecified atom stereocenters. The Morgan fingerprint density at radius 3 is 2.62 bits per heavy atom. The van der Waals surface area contributed by atoms with E-state index in [1.807, 2.05) is 11.8 Å². The van der Waals surface area contributed by atoms with Crippen molar-refractivity contribution >= 4 is 40.6 Å². The number of amides is 1. The van der Waals surface area contributed by atoms with E-state index in [9.17, 15) is 22.4 Å². The van der Waals surface area contributed by atoms with Crippen molar-refractivity contribution in [1.82, 2.24) is 29.5 Å². The number of fused-ring (bicyclic) bond motifs is 3. The summed E-state index contributed by atoms with van der Waals surface area (Å²) in [6, 6.07) is 1.38. The molecule has 11 nitrogen and oxygen atoms in total. The summed E-state index contributed by atoms with van der Waals surface area (Å²) in [5, 5.41) is 3.96. The maximum atomic E-state index is 15.1. The van der Waals surface area contributed by atoms with Gasteiger partial charge in [0, 0.05) is 56.8 Å². The minimum atomic E-state index is -4.96. The summed E-state index contributed by atoms with van der Waals surface area (Å²) < 4.78 is 81.9. The molecule has 1 amide bonds. The van der Waals surface area contributed by atoms with Crippen LogP contribution in [0.25, 0.3) is 0 Å². The molecule has 4 aliphatic heterocycles. The second-order valence-corrected chi connectivity index (χ2v) is 14.0. The molecule has 4 aliphatic rings. The second-order valence-electron chi connectivity index (χ2n) is 13.2. The second kappa shape index (κ2) is 15.3. The van der Waals surface area contributed by atoms with Crippen LogP contribution in [-0.4, -0.2) is 81.8 Å². The van der Waals surface area contributed by atoms with Gasteiger partial charge in [0.05, 0.1) is 65.4 Å². The summed E-state index contributed by atoms with van der Waals surface area (Å²) >= 11 is 12.5. The van der Waals surface area contributed by atoms with Gasteiger partial charge in [0.2, 0.25) is 0 Å². The van der Waals surface area contributed by atoms with Crippen molar-refractivity contribution in [1.29, 1.82) is 0 Å². The van der Waals surface area contributed by atoms with Crippen LogP contribution in [0.2, 0.25) is 10.0 Å². The van der Waals surface area contributed by atoms with Gasteiger partial charge in [-0.3, -0.25) is 14.4 Å². The third-order valence-corrected chi connectivity index (χ3v) is 10.6. The predicted molar refractivity (Wildman–Crippen MR) is 185 cm³/mol. The number of halogens is 7. The molecule has 2 saturated heterocycles. The first-order valence-corrected chi connectivity index (χ1v) is 17.7. The molecule has 2 aromatic heterocycles. The summed E-state index contributed by atoms with van der Waals surface area (Å²) in [4.78, 5) is 27.5. The van der Waals surface area contributed by atoms with Gasteiger partial charge in [0.1, 0.15) is 5.82 Å². The van der Waals surface area contributed by atoms with Gasteiger partial charge >= 0.3 is 12.2 Å². The van der Waals surface area contributed by atoms with Gasteiger partial charge < -0.3 is 25.0 Å². The molecule has 3 aromatic rings. The quantitative estimate of drug-likeness (QED) is 0.222. The van der Waals surface area contributed by atoms with E-state index in [1.54, 1.807) is 11.7 Å². The Kier molecular flexibility index (Phi) is 11.2. The molecule has 0 spiro atoms. The fourth-order valence-corrected chi connectivity index (χ4v) is 7.79. The summed E-state index contributed by atoms with van der Waals surface area (Å²) in [7, 11) is 3.02. The van der Waals surface area contributed by atoms with Crippen LogP contribution in [0.15, 0.2) is 18.0 Å². The van der Waals surface area contributed by atoms with E-state index in [2.05, 4.69) is 20.0 Å². The van der Waals surface area contributed by atoms with Gasteiger partial charge in [-0.15, -0.1) is 0 Å². The first-order chi connectivity index (χ1) is 24.7. The third kappa shape index (κ3) is 7.39. The van der Waals surface area contributed by atoms with Gasteiger partial charge in [-0.25, -0.2) is 8.78 Å². The number of nitrogens with two attached hydrogens (primary N) is 1. The van der Waals surface area contributed by atoms with E-state index in [0.717, 1.165) is 30.9 Å². The van der Waals surface area contributed by atoms with Crippen molar-refractivity contribution in [2.75, 3.05) is 51.0 Å². The number of carbonyl (C=O) groups is 1. The van der Waals surface area contributed by atoms with Crippen LogP contribution < -0.4 is 15.4 Å². The fraction of sp³-hybridized carbons (Fsp3) is 0.529. The molecule has 2 N–H and O–H groups in total. The van der Waals surface area contributed by atoms with E-state index in [1.165, 1.54) is 31.4 Å². The molecule has 0 aliphatic carbocycles. The number of nitrogens with zero attached hydrogens (tertiary/aromatic N) is 7. The number of hydrogen-bond acceptors (Lipinski definition) is 9. The van der Waals surface area contributed by atoms with Crippen LogP contribution in [0.4, 0.5) is 33.5 Å². The Labute approximate surface area is 307 Å². The van der Waals surface area contributed by atoms with Crippen LogP contribution in [0.1, 0.15) is 77.3 Å². The largest absolute Gasteiger partial charge is 0.467 e. The smallest absolute Gasteiger partial charge is 0.418 e. The number of anilines is 2. The third-order valence-electron chi connectivity index (χ3n) is 9.94. The number of nitrogen functional groups attached to an aromatic ring is 1. The SMILES string of the molecule is CCN(C)C(=O)c1nn2c(c1Cl)CN(c1nc(OC)nc3c1COC(c1c(F)c(N)cc(Cl)c1C(F)(F)F)C3)CCC2.F/C=C1/CC2CCCN2C1. The van der Waals surface area contributed by atoms with Crippen molar-refractivity contribution in [2.24, 2.45) is 0 Å². The van der Waals surface area contributed by atoms with Crippen LogP contribution in [0, 0.1) is 5.82 Å². The lowest BCUT2D eigenvalue weighted by Crippen LogP contribution is -2.29. The average molecular weight is 774 g/mol. The van der Waals surface area contributed by atoms with Crippen LogP contribution >= 0.6 is 23.2 Å². The molecular formula is C34H39Cl2F5N8O3. The average Bonchev–Trinajstić information content (AvgIpc) is 3.76. The first kappa shape index (κ1) is 38.0. The monoisotopic (exact) mass is 772 g/mol. The molecule has 2 atom stereocenters. The van der Waals surface area contributed by atoms with Crippen molar-refractivity contribution in [3.8, 4) is 6.01 Å². The highest BCUT2D eigenvalue weighted by atomic mass is 35.5. The Morgan fingerprint density at radius 1 is 1.17 bits per heavy atom. The van der Waals surface area contributed by atoms with E-state index < -0.39 is 39.9 Å². The Bertz CT molecular complexity index is 1860. The Balaban J connectivity index is 0.000000396. The molecule has 0 radical (unpaired) electrons. The molecular weight excluding hydrogens is 734 g/mol. The lowest BCUT2D eigenvalue weighted by atomic mass is 9.93. The van der Waals surface area contributed by atoms with Crippen molar-refractivity contribution in [3.05, 3.63) is 67.6 Å². The molecule has 2 fully saturated rings. The van der Waals surface area contributed by atoms with Crippen molar-refractivity contribution in [3.63, 3.8) is 0 Å². The Morgan fingerprint density at radius 2 is 1.94 bits per heavy atom. The highest BCUT2D eigenvalue weighted by molar-refractivity contribution is 6.34. The van der Waals surface area contributed by atoms with Gasteiger partial charge in [0.15, 0.2) is 11.5 Å². The molecule has 18 heteroatoms. The molecule has 1 aromatic carbocycles. The van der Waals surface area contributed by atoms with E-state index in [4.69, 9.17) is 38.4 Å². The molecule has 0 saturated carbocycles. The number of hydrogen-bond donors (Lipinski definition) is 1. The van der Waals surface area contributed by atoms with E-state index >= 15 is 4.39 Å². The topological polar surface area (TPSA) is 115 Å². The van der Waals surface area contributed by atoms with E-state index in [0.29, 0.717) is 54.9 Å². The zero-order chi connectivity index (χ0) is 37.5. The minimum absolute atomic E-state index is 0.0317. The van der Waals surface area contributed by atoms with E-state index in [-0.39, 0.29) is 42.2 Å². The molecule has 6 heterocycles. The zero-order valence-electron chi connectivity index (χ0n) is 28.9. The van der Waals surface area contributed by atoms with Crippen molar-refractivity contribution < 1.29 is 36.2 Å². The lowest BCUT2D eigenvalue weighted by Gasteiger charge is -2.31. The standard InChI is InChI=1S/C26H27Cl2F4N7O3.C8H12FN/c1-4-37(2)24(40)22-20(28)16-10-38(6-5-7-39(16)36-22)23-12-11-42-17(9-15(12)34-25(35-23)41-3)18-19(26(30,31)32)13(27)8-14(33)21(18)29;9-5-7-4-8-2-1-3-10(8)6-7/h8,17H,4-7,9-11,33H2,1-3H3;5,8H,1-4,6H2/b;7-5-. The lowest BCUT2D eigenvalue weighted by molar-refractivity contribution is -0.140. The summed E-state index contributed by atoms with van der Waals surface area (Å²) in [5.41, 5.74) is 5.55. The predicted octanol–water partition coefficient (Wildman–Crippen LogP) is 6.75. The van der Waals surface area contributed by atoms with Gasteiger partial charge in [-0.2, -0.15) is 28.2 Å². The number of aromatic nitrogens is 4. The number of alkyl halides is 3. The number of benzene rings is 1. The molecule has 52 heavy (non-hydrogen) atoms. The maximum Gasteiger partial charge on any atom is 0.418 e. The first-order valence-electron chi connectivity index (χ1n) is 16.9. The normalized spacial score (nSPS) is 20.9. The summed E-state index contributed by atoms with van der Waals surface area (Å²) in [6.07, 6.45) is -1.59. The molecule has 0 bridgehead atoms. The van der Waals surface area contributed by atoms with Crippen LogP contribution in [0.5, 0.6) is 6.01 Å². The van der Waals surface area contributed by atoms with Crippen LogP contribution in [-0.2, 0) is 37.0 Å². The number of aryl methyl sites for hydroxylation is 1. The maximum absolute atomic E-state index is 15.1. The zero-order valence-corrected chi connectivity index (χ0v) is 30.4. The van der Waals surface area contributed by atoms with Crippen molar-refractivity contribution in [2.45, 2.75) is 77.0 Å². The summed E-state index contributed by atoms with van der Waals surface area (Å²) in [5.74, 6) is -1.14.